The molecule has 0 bridgehead atoms. The molecule has 1 amide bonds. The van der Waals surface area contributed by atoms with E-state index < -0.39 is 0 Å². The summed E-state index contributed by atoms with van der Waals surface area (Å²) >= 11 is 1.36. The second-order valence-corrected chi connectivity index (χ2v) is 6.03. The second kappa shape index (κ2) is 7.31. The van der Waals surface area contributed by atoms with E-state index in [0.717, 1.165) is 11.0 Å². The molecule has 0 unspecified atom stereocenters. The molecule has 0 aliphatic carbocycles. The lowest BCUT2D eigenvalue weighted by Gasteiger charge is -2.09. The minimum absolute atomic E-state index is 0.108. The van der Waals surface area contributed by atoms with Crippen LogP contribution in [0.2, 0.25) is 0 Å². The van der Waals surface area contributed by atoms with Gasteiger partial charge >= 0.3 is 0 Å². The Kier molecular flexibility index (Phi) is 5.43. The van der Waals surface area contributed by atoms with Crippen LogP contribution in [0.15, 0.2) is 29.4 Å². The molecule has 6 nitrogen and oxygen atoms in total. The summed E-state index contributed by atoms with van der Waals surface area (Å²) in [6.07, 6.45) is 0. The minimum Gasteiger partial charge on any atom is -0.495 e. The van der Waals surface area contributed by atoms with E-state index in [1.54, 1.807) is 19.2 Å². The van der Waals surface area contributed by atoms with Crippen LogP contribution < -0.4 is 10.1 Å². The van der Waals surface area contributed by atoms with Crippen LogP contribution in [0.4, 0.5) is 5.69 Å². The third-order valence-electron chi connectivity index (χ3n) is 3.10. The number of anilines is 1. The largest absolute Gasteiger partial charge is 0.495 e. The topological polar surface area (TPSA) is 69.0 Å². The van der Waals surface area contributed by atoms with E-state index >= 15 is 0 Å². The first-order valence-electron chi connectivity index (χ1n) is 6.98. The Hall–Kier alpha value is -2.02. The lowest BCUT2D eigenvalue weighted by Crippen LogP contribution is -2.15. The fourth-order valence-electron chi connectivity index (χ4n) is 2.02. The van der Waals surface area contributed by atoms with Gasteiger partial charge in [-0.3, -0.25) is 4.79 Å². The fourth-order valence-corrected chi connectivity index (χ4v) is 2.74. The first kappa shape index (κ1) is 16.4. The van der Waals surface area contributed by atoms with Crippen molar-refractivity contribution in [2.75, 3.05) is 18.2 Å². The van der Waals surface area contributed by atoms with Crippen molar-refractivity contribution in [3.63, 3.8) is 0 Å². The number of rotatable bonds is 6. The molecule has 22 heavy (non-hydrogen) atoms. The summed E-state index contributed by atoms with van der Waals surface area (Å²) in [6.45, 7) is 4.12. The van der Waals surface area contributed by atoms with Crippen LogP contribution in [-0.2, 0) is 11.8 Å². The predicted octanol–water partition coefficient (Wildman–Crippen LogP) is 2.68. The Bertz CT molecular complexity index is 655. The summed E-state index contributed by atoms with van der Waals surface area (Å²) in [5, 5.41) is 11.8. The highest BCUT2D eigenvalue weighted by atomic mass is 32.2. The quantitative estimate of drug-likeness (QED) is 0.829. The SMILES string of the molecule is COc1ccccc1NC(=O)CSc1nnc(C(C)C)n1C. The second-order valence-electron chi connectivity index (χ2n) is 5.09. The number of carbonyl (C=O) groups is 1. The third kappa shape index (κ3) is 3.79. The molecule has 0 saturated heterocycles. The van der Waals surface area contributed by atoms with Crippen molar-refractivity contribution in [2.45, 2.75) is 24.9 Å². The van der Waals surface area contributed by atoms with Crippen molar-refractivity contribution in [1.82, 2.24) is 14.8 Å². The van der Waals surface area contributed by atoms with Crippen molar-refractivity contribution in [3.05, 3.63) is 30.1 Å². The van der Waals surface area contributed by atoms with Crippen LogP contribution in [0.1, 0.15) is 25.6 Å². The molecule has 0 radical (unpaired) electrons. The first-order chi connectivity index (χ1) is 10.5. The maximum absolute atomic E-state index is 12.1. The zero-order valence-corrected chi connectivity index (χ0v) is 14.0. The number of methoxy groups -OCH3 is 1. The number of hydrogen-bond donors (Lipinski definition) is 1. The van der Waals surface area contributed by atoms with Gasteiger partial charge in [0, 0.05) is 13.0 Å². The average Bonchev–Trinajstić information content (AvgIpc) is 2.87. The van der Waals surface area contributed by atoms with Gasteiger partial charge in [0.25, 0.3) is 0 Å². The Morgan fingerprint density at radius 3 is 2.73 bits per heavy atom. The maximum atomic E-state index is 12.1. The average molecular weight is 320 g/mol. The molecule has 7 heteroatoms. The van der Waals surface area contributed by atoms with Gasteiger partial charge in [-0.15, -0.1) is 10.2 Å². The van der Waals surface area contributed by atoms with E-state index in [9.17, 15) is 4.79 Å². The smallest absolute Gasteiger partial charge is 0.234 e. The molecular weight excluding hydrogens is 300 g/mol. The van der Waals surface area contributed by atoms with Crippen molar-refractivity contribution in [1.29, 1.82) is 0 Å². The number of thioether (sulfide) groups is 1. The number of para-hydroxylation sites is 2. The van der Waals surface area contributed by atoms with Crippen LogP contribution in [0, 0.1) is 0 Å². The highest BCUT2D eigenvalue weighted by molar-refractivity contribution is 7.99. The summed E-state index contributed by atoms with van der Waals surface area (Å²) in [6, 6.07) is 7.32. The van der Waals surface area contributed by atoms with Crippen LogP contribution in [0.5, 0.6) is 5.75 Å². The standard InChI is InChI=1S/C15H20N4O2S/c1-10(2)14-17-18-15(19(14)3)22-9-13(20)16-11-7-5-6-8-12(11)21-4/h5-8,10H,9H2,1-4H3,(H,16,20). The lowest BCUT2D eigenvalue weighted by atomic mass is 10.2. The van der Waals surface area contributed by atoms with Gasteiger partial charge in [-0.25, -0.2) is 0 Å². The normalized spacial score (nSPS) is 10.8. The highest BCUT2D eigenvalue weighted by Crippen LogP contribution is 2.24. The van der Waals surface area contributed by atoms with Crippen LogP contribution in [-0.4, -0.2) is 33.5 Å². The van der Waals surface area contributed by atoms with Gasteiger partial charge in [-0.1, -0.05) is 37.7 Å². The number of carbonyl (C=O) groups excluding carboxylic acids is 1. The van der Waals surface area contributed by atoms with E-state index in [1.165, 1.54) is 11.8 Å². The number of aromatic nitrogens is 3. The number of ether oxygens (including phenoxy) is 1. The van der Waals surface area contributed by atoms with E-state index in [0.29, 0.717) is 17.4 Å². The molecule has 1 aromatic carbocycles. The van der Waals surface area contributed by atoms with Gasteiger partial charge in [0.05, 0.1) is 18.6 Å². The van der Waals surface area contributed by atoms with Gasteiger partial charge in [0.1, 0.15) is 11.6 Å². The van der Waals surface area contributed by atoms with E-state index in [2.05, 4.69) is 29.4 Å². The molecule has 2 aromatic rings. The molecule has 1 heterocycles. The molecule has 118 valence electrons. The molecule has 2 rings (SSSR count). The number of amides is 1. The van der Waals surface area contributed by atoms with Gasteiger partial charge < -0.3 is 14.6 Å². The van der Waals surface area contributed by atoms with Gasteiger partial charge in [0.2, 0.25) is 5.91 Å². The van der Waals surface area contributed by atoms with Crippen LogP contribution in [0.25, 0.3) is 0 Å². The molecule has 0 atom stereocenters. The number of nitrogens with one attached hydrogen (secondary N) is 1. The van der Waals surface area contributed by atoms with Gasteiger partial charge in [-0.05, 0) is 12.1 Å². The third-order valence-corrected chi connectivity index (χ3v) is 4.12. The van der Waals surface area contributed by atoms with E-state index in [4.69, 9.17) is 4.74 Å². The number of hydrogen-bond acceptors (Lipinski definition) is 5. The summed E-state index contributed by atoms with van der Waals surface area (Å²) in [4.78, 5) is 12.1. The van der Waals surface area contributed by atoms with Crippen LogP contribution >= 0.6 is 11.8 Å². The summed E-state index contributed by atoms with van der Waals surface area (Å²) in [7, 11) is 3.49. The molecule has 1 aromatic heterocycles. The lowest BCUT2D eigenvalue weighted by molar-refractivity contribution is -0.113. The van der Waals surface area contributed by atoms with Crippen molar-refractivity contribution < 1.29 is 9.53 Å². The van der Waals surface area contributed by atoms with Crippen molar-refractivity contribution in [2.24, 2.45) is 7.05 Å². The first-order valence-corrected chi connectivity index (χ1v) is 7.96. The summed E-state index contributed by atoms with van der Waals surface area (Å²) in [5.41, 5.74) is 0.663. The number of nitrogens with zero attached hydrogens (tertiary/aromatic N) is 3. The fraction of sp³-hybridized carbons (Fsp3) is 0.400. The highest BCUT2D eigenvalue weighted by Gasteiger charge is 2.14. The number of benzene rings is 1. The molecule has 0 aliphatic heterocycles. The van der Waals surface area contributed by atoms with E-state index in [1.807, 2.05) is 23.7 Å². The molecular formula is C15H20N4O2S. The van der Waals surface area contributed by atoms with Crippen molar-refractivity contribution in [3.8, 4) is 5.75 Å². The molecule has 0 fully saturated rings. The Balaban J connectivity index is 1.96. The van der Waals surface area contributed by atoms with Crippen LogP contribution in [0.3, 0.4) is 0 Å². The summed E-state index contributed by atoms with van der Waals surface area (Å²) < 4.78 is 7.13. The monoisotopic (exact) mass is 320 g/mol. The minimum atomic E-state index is -0.108. The zero-order chi connectivity index (χ0) is 16.1. The molecule has 0 spiro atoms. The zero-order valence-electron chi connectivity index (χ0n) is 13.2. The molecule has 0 aliphatic rings. The maximum Gasteiger partial charge on any atom is 0.234 e. The van der Waals surface area contributed by atoms with Gasteiger partial charge in [-0.2, -0.15) is 0 Å². The summed E-state index contributed by atoms with van der Waals surface area (Å²) in [5.74, 6) is 2.01. The van der Waals surface area contributed by atoms with Gasteiger partial charge in [0.15, 0.2) is 5.16 Å². The van der Waals surface area contributed by atoms with Crippen molar-refractivity contribution >= 4 is 23.4 Å². The molecule has 0 saturated carbocycles. The molecule has 1 N–H and O–H groups in total. The predicted molar refractivity (Wildman–Crippen MR) is 87.4 cm³/mol. The van der Waals surface area contributed by atoms with E-state index in [-0.39, 0.29) is 11.7 Å². The Morgan fingerprint density at radius 2 is 2.09 bits per heavy atom. The Morgan fingerprint density at radius 1 is 1.36 bits per heavy atom. The Labute approximate surface area is 134 Å².